The van der Waals surface area contributed by atoms with Gasteiger partial charge >= 0.3 is 5.97 Å². The highest BCUT2D eigenvalue weighted by atomic mass is 16.5. The number of carboxylic acid groups (broad SMARTS) is 1. The Morgan fingerprint density at radius 1 is 1.53 bits per heavy atom. The lowest BCUT2D eigenvalue weighted by Crippen LogP contribution is -2.44. The zero-order valence-electron chi connectivity index (χ0n) is 9.38. The van der Waals surface area contributed by atoms with Gasteiger partial charge in [0.2, 0.25) is 0 Å². The second-order valence-electron chi connectivity index (χ2n) is 3.94. The molecule has 6 nitrogen and oxygen atoms in total. The van der Waals surface area contributed by atoms with Gasteiger partial charge in [-0.2, -0.15) is 0 Å². The molecule has 1 aliphatic rings. The molecule has 17 heavy (non-hydrogen) atoms. The number of aromatic carboxylic acids is 1. The van der Waals surface area contributed by atoms with E-state index in [9.17, 15) is 9.59 Å². The quantitative estimate of drug-likeness (QED) is 0.827. The number of carbonyl (C=O) groups is 2. The number of amides is 1. The molecular weight excluding hydrogens is 226 g/mol. The van der Waals surface area contributed by atoms with Crippen LogP contribution in [0.5, 0.6) is 0 Å². The molecule has 0 radical (unpaired) electrons. The highest BCUT2D eigenvalue weighted by Gasteiger charge is 2.25. The Hall–Kier alpha value is -1.82. The van der Waals surface area contributed by atoms with Crippen LogP contribution in [0.1, 0.15) is 27.8 Å². The lowest BCUT2D eigenvalue weighted by atomic mass is 10.2. The van der Waals surface area contributed by atoms with E-state index in [1.807, 2.05) is 6.92 Å². The maximum atomic E-state index is 12.0. The van der Waals surface area contributed by atoms with E-state index in [1.165, 1.54) is 6.07 Å². The third-order valence-electron chi connectivity index (χ3n) is 2.59. The molecule has 1 aliphatic heterocycles. The van der Waals surface area contributed by atoms with Crippen molar-refractivity contribution in [1.29, 1.82) is 0 Å². The summed E-state index contributed by atoms with van der Waals surface area (Å²) >= 11 is 0. The summed E-state index contributed by atoms with van der Waals surface area (Å²) in [6, 6.07) is 1.24. The van der Waals surface area contributed by atoms with E-state index in [1.54, 1.807) is 4.90 Å². The van der Waals surface area contributed by atoms with Crippen molar-refractivity contribution >= 4 is 11.9 Å². The standard InChI is InChI=1S/C11H13NO5/c1-7-5-12(2-3-16-7)10(13)9-4-8(6-17-9)11(14)15/h4,6-7H,2-3,5H2,1H3,(H,14,15). The van der Waals surface area contributed by atoms with E-state index in [4.69, 9.17) is 14.3 Å². The molecule has 92 valence electrons. The van der Waals surface area contributed by atoms with Crippen LogP contribution in [-0.2, 0) is 4.74 Å². The second-order valence-corrected chi connectivity index (χ2v) is 3.94. The normalized spacial score (nSPS) is 20.3. The molecular formula is C11H13NO5. The Balaban J connectivity index is 2.10. The van der Waals surface area contributed by atoms with Crippen molar-refractivity contribution in [1.82, 2.24) is 4.90 Å². The van der Waals surface area contributed by atoms with Crippen molar-refractivity contribution in [3.05, 3.63) is 23.7 Å². The molecule has 1 atom stereocenters. The summed E-state index contributed by atoms with van der Waals surface area (Å²) in [5.41, 5.74) is -0.0188. The highest BCUT2D eigenvalue weighted by molar-refractivity contribution is 5.95. The number of morpholine rings is 1. The molecule has 1 aromatic rings. The summed E-state index contributed by atoms with van der Waals surface area (Å²) in [5.74, 6) is -1.35. The van der Waals surface area contributed by atoms with Crippen LogP contribution in [0.3, 0.4) is 0 Å². The molecule has 0 aliphatic carbocycles. The SMILES string of the molecule is CC1CN(C(=O)c2cc(C(=O)O)co2)CCO1. The van der Waals surface area contributed by atoms with Gasteiger partial charge in [-0.05, 0) is 6.92 Å². The van der Waals surface area contributed by atoms with Crippen LogP contribution in [0, 0.1) is 0 Å². The lowest BCUT2D eigenvalue weighted by molar-refractivity contribution is -0.0134. The lowest BCUT2D eigenvalue weighted by Gasteiger charge is -2.30. The van der Waals surface area contributed by atoms with Gasteiger partial charge in [-0.15, -0.1) is 0 Å². The van der Waals surface area contributed by atoms with Gasteiger partial charge in [-0.25, -0.2) is 4.79 Å². The van der Waals surface area contributed by atoms with Crippen molar-refractivity contribution in [3.8, 4) is 0 Å². The zero-order chi connectivity index (χ0) is 12.4. The van der Waals surface area contributed by atoms with Crippen LogP contribution in [0.4, 0.5) is 0 Å². The van der Waals surface area contributed by atoms with Gasteiger partial charge in [0.1, 0.15) is 6.26 Å². The van der Waals surface area contributed by atoms with E-state index < -0.39 is 5.97 Å². The van der Waals surface area contributed by atoms with Crippen LogP contribution in [0.25, 0.3) is 0 Å². The smallest absolute Gasteiger partial charge is 0.338 e. The molecule has 1 N–H and O–H groups in total. The van der Waals surface area contributed by atoms with E-state index in [-0.39, 0.29) is 23.3 Å². The number of rotatable bonds is 2. The molecule has 1 saturated heterocycles. The van der Waals surface area contributed by atoms with Crippen molar-refractivity contribution in [2.75, 3.05) is 19.7 Å². The average Bonchev–Trinajstić information content (AvgIpc) is 2.77. The summed E-state index contributed by atoms with van der Waals surface area (Å²) in [5, 5.41) is 8.73. The molecule has 1 aromatic heterocycles. The Labute approximate surface area is 97.8 Å². The predicted molar refractivity (Wildman–Crippen MR) is 57.0 cm³/mol. The highest BCUT2D eigenvalue weighted by Crippen LogP contribution is 2.13. The monoisotopic (exact) mass is 239 g/mol. The molecule has 0 bridgehead atoms. The van der Waals surface area contributed by atoms with Gasteiger partial charge in [-0.3, -0.25) is 4.79 Å². The number of furan rings is 1. The summed E-state index contributed by atoms with van der Waals surface area (Å²) in [6.07, 6.45) is 1.06. The van der Waals surface area contributed by atoms with Gasteiger partial charge in [0.15, 0.2) is 5.76 Å². The molecule has 1 amide bonds. The van der Waals surface area contributed by atoms with Gasteiger partial charge in [-0.1, -0.05) is 0 Å². The van der Waals surface area contributed by atoms with E-state index in [2.05, 4.69) is 0 Å². The van der Waals surface area contributed by atoms with Crippen LogP contribution in [-0.4, -0.2) is 47.7 Å². The molecule has 2 heterocycles. The first-order valence-electron chi connectivity index (χ1n) is 5.30. The fourth-order valence-corrected chi connectivity index (χ4v) is 1.72. The fourth-order valence-electron chi connectivity index (χ4n) is 1.72. The van der Waals surface area contributed by atoms with Gasteiger partial charge in [0.05, 0.1) is 18.3 Å². The first-order chi connectivity index (χ1) is 8.08. The van der Waals surface area contributed by atoms with Gasteiger partial charge in [0, 0.05) is 19.2 Å². The first kappa shape index (κ1) is 11.7. The molecule has 0 saturated carbocycles. The third kappa shape index (κ3) is 2.47. The molecule has 0 aromatic carbocycles. The Kier molecular flexibility index (Phi) is 3.14. The summed E-state index contributed by atoms with van der Waals surface area (Å²) in [6.45, 7) is 3.35. The van der Waals surface area contributed by atoms with Crippen LogP contribution in [0.2, 0.25) is 0 Å². The summed E-state index contributed by atoms with van der Waals surface area (Å²) < 4.78 is 10.3. The van der Waals surface area contributed by atoms with Crippen molar-refractivity contribution < 1.29 is 23.8 Å². The van der Waals surface area contributed by atoms with E-state index in [0.29, 0.717) is 19.7 Å². The van der Waals surface area contributed by atoms with Crippen LogP contribution >= 0.6 is 0 Å². The number of carbonyl (C=O) groups excluding carboxylic acids is 1. The predicted octanol–water partition coefficient (Wildman–Crippen LogP) is 0.839. The molecule has 0 spiro atoms. The maximum Gasteiger partial charge on any atom is 0.338 e. The average molecular weight is 239 g/mol. The van der Waals surface area contributed by atoms with Gasteiger partial charge in [0.25, 0.3) is 5.91 Å². The fraction of sp³-hybridized carbons (Fsp3) is 0.455. The van der Waals surface area contributed by atoms with Crippen LogP contribution in [0.15, 0.2) is 16.7 Å². The topological polar surface area (TPSA) is 80.0 Å². The summed E-state index contributed by atoms with van der Waals surface area (Å²) in [4.78, 5) is 24.2. The number of hydrogen-bond donors (Lipinski definition) is 1. The molecule has 1 unspecified atom stereocenters. The summed E-state index contributed by atoms with van der Waals surface area (Å²) in [7, 11) is 0. The Morgan fingerprint density at radius 2 is 2.29 bits per heavy atom. The Bertz CT molecular complexity index is 439. The zero-order valence-corrected chi connectivity index (χ0v) is 9.38. The van der Waals surface area contributed by atoms with E-state index >= 15 is 0 Å². The number of carboxylic acids is 1. The maximum absolute atomic E-state index is 12.0. The van der Waals surface area contributed by atoms with Crippen molar-refractivity contribution in [2.45, 2.75) is 13.0 Å². The first-order valence-corrected chi connectivity index (χ1v) is 5.30. The molecule has 1 fully saturated rings. The largest absolute Gasteiger partial charge is 0.478 e. The number of ether oxygens (including phenoxy) is 1. The number of hydrogen-bond acceptors (Lipinski definition) is 4. The molecule has 6 heteroatoms. The second kappa shape index (κ2) is 4.58. The molecule has 2 rings (SSSR count). The van der Waals surface area contributed by atoms with Gasteiger partial charge < -0.3 is 19.2 Å². The van der Waals surface area contributed by atoms with Crippen molar-refractivity contribution in [3.63, 3.8) is 0 Å². The minimum Gasteiger partial charge on any atom is -0.478 e. The van der Waals surface area contributed by atoms with E-state index in [0.717, 1.165) is 6.26 Å². The minimum absolute atomic E-state index is 0.0124. The van der Waals surface area contributed by atoms with Crippen molar-refractivity contribution in [2.24, 2.45) is 0 Å². The minimum atomic E-state index is -1.11. The third-order valence-corrected chi connectivity index (χ3v) is 2.59. The van der Waals surface area contributed by atoms with Crippen LogP contribution < -0.4 is 0 Å². The number of nitrogens with zero attached hydrogens (tertiary/aromatic N) is 1. The Morgan fingerprint density at radius 3 is 2.88 bits per heavy atom.